The molecule has 1 aliphatic rings. The van der Waals surface area contributed by atoms with Crippen LogP contribution >= 0.6 is 0 Å². The standard InChI is InChI=1S/C13H28N2O/c1-3-5-7-14(8-6-4-2)13-15-9-11-16-12-10-15/h3-13H2,1-2H3. The van der Waals surface area contributed by atoms with E-state index in [0.29, 0.717) is 0 Å². The number of morpholine rings is 1. The minimum Gasteiger partial charge on any atom is -0.379 e. The second kappa shape index (κ2) is 8.97. The molecule has 1 fully saturated rings. The zero-order valence-corrected chi connectivity index (χ0v) is 11.1. The molecule has 3 heteroatoms. The highest BCUT2D eigenvalue weighted by atomic mass is 16.5. The summed E-state index contributed by atoms with van der Waals surface area (Å²) in [5.74, 6) is 0. The number of unbranched alkanes of at least 4 members (excludes halogenated alkanes) is 2. The summed E-state index contributed by atoms with van der Waals surface area (Å²) in [7, 11) is 0. The van der Waals surface area contributed by atoms with E-state index in [1.165, 1.54) is 38.8 Å². The molecule has 0 aromatic heterocycles. The lowest BCUT2D eigenvalue weighted by Crippen LogP contribution is -2.44. The maximum Gasteiger partial charge on any atom is 0.0594 e. The van der Waals surface area contributed by atoms with Crippen LogP contribution in [-0.4, -0.2) is 55.9 Å². The van der Waals surface area contributed by atoms with Crippen LogP contribution in [0.2, 0.25) is 0 Å². The molecule has 0 aromatic rings. The fourth-order valence-corrected chi connectivity index (χ4v) is 2.04. The summed E-state index contributed by atoms with van der Waals surface area (Å²) in [6.45, 7) is 12.2. The highest BCUT2D eigenvalue weighted by Gasteiger charge is 2.13. The smallest absolute Gasteiger partial charge is 0.0594 e. The summed E-state index contributed by atoms with van der Waals surface area (Å²) < 4.78 is 5.38. The molecule has 0 bridgehead atoms. The molecule has 0 radical (unpaired) electrons. The third-order valence-electron chi connectivity index (χ3n) is 3.16. The van der Waals surface area contributed by atoms with Gasteiger partial charge in [-0.25, -0.2) is 0 Å². The lowest BCUT2D eigenvalue weighted by Gasteiger charge is -2.32. The molecule has 3 nitrogen and oxygen atoms in total. The molecule has 0 aliphatic carbocycles. The molecule has 0 aromatic carbocycles. The maximum absolute atomic E-state index is 5.38. The van der Waals surface area contributed by atoms with Crippen LogP contribution in [0.4, 0.5) is 0 Å². The quantitative estimate of drug-likeness (QED) is 0.633. The van der Waals surface area contributed by atoms with Gasteiger partial charge in [0.25, 0.3) is 0 Å². The Morgan fingerprint density at radius 3 is 2.06 bits per heavy atom. The molecule has 16 heavy (non-hydrogen) atoms. The van der Waals surface area contributed by atoms with E-state index in [4.69, 9.17) is 4.74 Å². The van der Waals surface area contributed by atoms with Crippen LogP contribution < -0.4 is 0 Å². The largest absolute Gasteiger partial charge is 0.379 e. The lowest BCUT2D eigenvalue weighted by molar-refractivity contribution is 0.00930. The predicted molar refractivity (Wildman–Crippen MR) is 68.6 cm³/mol. The Balaban J connectivity index is 2.23. The molecule has 0 spiro atoms. The van der Waals surface area contributed by atoms with Gasteiger partial charge in [0.2, 0.25) is 0 Å². The third kappa shape index (κ3) is 5.83. The van der Waals surface area contributed by atoms with Crippen molar-refractivity contribution in [2.45, 2.75) is 39.5 Å². The van der Waals surface area contributed by atoms with E-state index in [2.05, 4.69) is 23.6 Å². The highest BCUT2D eigenvalue weighted by molar-refractivity contribution is 4.64. The third-order valence-corrected chi connectivity index (χ3v) is 3.16. The molecule has 0 N–H and O–H groups in total. The molecule has 1 aliphatic heterocycles. The first-order valence-electron chi connectivity index (χ1n) is 6.89. The van der Waals surface area contributed by atoms with Crippen LogP contribution in [0.25, 0.3) is 0 Å². The minimum atomic E-state index is 0.912. The summed E-state index contributed by atoms with van der Waals surface area (Å²) in [4.78, 5) is 5.13. The fourth-order valence-electron chi connectivity index (χ4n) is 2.04. The number of rotatable bonds is 8. The maximum atomic E-state index is 5.38. The van der Waals surface area contributed by atoms with Crippen molar-refractivity contribution in [3.05, 3.63) is 0 Å². The average molecular weight is 228 g/mol. The fraction of sp³-hybridized carbons (Fsp3) is 1.00. The van der Waals surface area contributed by atoms with E-state index in [1.807, 2.05) is 0 Å². The van der Waals surface area contributed by atoms with Gasteiger partial charge in [-0.05, 0) is 25.9 Å². The van der Waals surface area contributed by atoms with E-state index in [1.54, 1.807) is 0 Å². The van der Waals surface area contributed by atoms with Gasteiger partial charge in [0.15, 0.2) is 0 Å². The predicted octanol–water partition coefficient (Wildman–Crippen LogP) is 2.18. The topological polar surface area (TPSA) is 15.7 Å². The number of ether oxygens (including phenoxy) is 1. The first-order valence-corrected chi connectivity index (χ1v) is 6.89. The van der Waals surface area contributed by atoms with Crippen LogP contribution in [0.5, 0.6) is 0 Å². The molecule has 0 unspecified atom stereocenters. The zero-order valence-electron chi connectivity index (χ0n) is 11.1. The van der Waals surface area contributed by atoms with E-state index in [9.17, 15) is 0 Å². The van der Waals surface area contributed by atoms with Crippen LogP contribution in [-0.2, 0) is 4.74 Å². The van der Waals surface area contributed by atoms with Gasteiger partial charge in [0.1, 0.15) is 0 Å². The Kier molecular flexibility index (Phi) is 7.81. The molecule has 1 saturated heterocycles. The Hall–Kier alpha value is -0.120. The first-order chi connectivity index (χ1) is 7.86. The molecule has 1 heterocycles. The van der Waals surface area contributed by atoms with Crippen LogP contribution in [0.15, 0.2) is 0 Å². The molecule has 96 valence electrons. The minimum absolute atomic E-state index is 0.912. The summed E-state index contributed by atoms with van der Waals surface area (Å²) in [5.41, 5.74) is 0. The van der Waals surface area contributed by atoms with Crippen molar-refractivity contribution in [2.24, 2.45) is 0 Å². The number of nitrogens with zero attached hydrogens (tertiary/aromatic N) is 2. The molecular weight excluding hydrogens is 200 g/mol. The van der Waals surface area contributed by atoms with Gasteiger partial charge >= 0.3 is 0 Å². The van der Waals surface area contributed by atoms with Gasteiger partial charge in [0, 0.05) is 13.1 Å². The summed E-state index contributed by atoms with van der Waals surface area (Å²) in [6.07, 6.45) is 5.25. The Labute approximate surface area is 101 Å². The molecule has 0 amide bonds. The van der Waals surface area contributed by atoms with Gasteiger partial charge in [0.05, 0.1) is 19.9 Å². The summed E-state index contributed by atoms with van der Waals surface area (Å²) in [5, 5.41) is 0. The molecule has 0 atom stereocenters. The van der Waals surface area contributed by atoms with Crippen molar-refractivity contribution in [3.8, 4) is 0 Å². The van der Waals surface area contributed by atoms with Crippen molar-refractivity contribution >= 4 is 0 Å². The Morgan fingerprint density at radius 1 is 1.00 bits per heavy atom. The molecule has 0 saturated carbocycles. The van der Waals surface area contributed by atoms with E-state index < -0.39 is 0 Å². The van der Waals surface area contributed by atoms with Crippen molar-refractivity contribution in [1.82, 2.24) is 9.80 Å². The molecule has 1 rings (SSSR count). The number of hydrogen-bond acceptors (Lipinski definition) is 3. The van der Waals surface area contributed by atoms with Crippen LogP contribution in [0.1, 0.15) is 39.5 Å². The van der Waals surface area contributed by atoms with Gasteiger partial charge in [-0.3, -0.25) is 9.80 Å². The van der Waals surface area contributed by atoms with Crippen molar-refractivity contribution in [3.63, 3.8) is 0 Å². The average Bonchev–Trinajstić information content (AvgIpc) is 2.34. The van der Waals surface area contributed by atoms with Crippen LogP contribution in [0, 0.1) is 0 Å². The van der Waals surface area contributed by atoms with E-state index in [-0.39, 0.29) is 0 Å². The first kappa shape index (κ1) is 13.9. The Bertz CT molecular complexity index is 150. The monoisotopic (exact) mass is 228 g/mol. The number of hydrogen-bond donors (Lipinski definition) is 0. The SMILES string of the molecule is CCCCN(CCCC)CN1CCOCC1. The second-order valence-electron chi connectivity index (χ2n) is 4.70. The normalized spacial score (nSPS) is 18.2. The van der Waals surface area contributed by atoms with Crippen molar-refractivity contribution in [1.29, 1.82) is 0 Å². The summed E-state index contributed by atoms with van der Waals surface area (Å²) >= 11 is 0. The van der Waals surface area contributed by atoms with Gasteiger partial charge in [-0.15, -0.1) is 0 Å². The van der Waals surface area contributed by atoms with Gasteiger partial charge in [-0.2, -0.15) is 0 Å². The lowest BCUT2D eigenvalue weighted by atomic mass is 10.3. The van der Waals surface area contributed by atoms with Crippen molar-refractivity contribution in [2.75, 3.05) is 46.1 Å². The van der Waals surface area contributed by atoms with Crippen LogP contribution in [0.3, 0.4) is 0 Å². The summed E-state index contributed by atoms with van der Waals surface area (Å²) in [6, 6.07) is 0. The van der Waals surface area contributed by atoms with Gasteiger partial charge < -0.3 is 4.74 Å². The van der Waals surface area contributed by atoms with Gasteiger partial charge in [-0.1, -0.05) is 26.7 Å². The van der Waals surface area contributed by atoms with Crippen molar-refractivity contribution < 1.29 is 4.74 Å². The second-order valence-corrected chi connectivity index (χ2v) is 4.70. The van der Waals surface area contributed by atoms with E-state index >= 15 is 0 Å². The highest BCUT2D eigenvalue weighted by Crippen LogP contribution is 2.03. The Morgan fingerprint density at radius 2 is 1.56 bits per heavy atom. The van der Waals surface area contributed by atoms with E-state index in [0.717, 1.165) is 33.0 Å². The zero-order chi connectivity index (χ0) is 11.6. The molecular formula is C13H28N2O.